The fourth-order valence-corrected chi connectivity index (χ4v) is 4.30. The van der Waals surface area contributed by atoms with Crippen molar-refractivity contribution in [2.24, 2.45) is 5.92 Å². The van der Waals surface area contributed by atoms with E-state index in [1.54, 1.807) is 13.8 Å². The number of benzene rings is 2. The number of carboxylic acids is 1. The van der Waals surface area contributed by atoms with E-state index >= 15 is 0 Å². The molecule has 0 spiro atoms. The molecule has 0 fully saturated rings. The van der Waals surface area contributed by atoms with Gasteiger partial charge in [0.1, 0.15) is 11.8 Å². The van der Waals surface area contributed by atoms with Gasteiger partial charge in [-0.3, -0.25) is 29.3 Å². The Morgan fingerprint density at radius 3 is 2.32 bits per heavy atom. The van der Waals surface area contributed by atoms with Gasteiger partial charge >= 0.3 is 5.97 Å². The first-order valence-corrected chi connectivity index (χ1v) is 12.5. The maximum Gasteiger partial charge on any atom is 0.305 e. The van der Waals surface area contributed by atoms with Crippen molar-refractivity contribution in [2.45, 2.75) is 38.1 Å². The van der Waals surface area contributed by atoms with Crippen LogP contribution in [0.15, 0.2) is 48.5 Å². The van der Waals surface area contributed by atoms with E-state index in [-0.39, 0.29) is 22.8 Å². The number of ether oxygens (including phenoxy) is 1. The van der Waals surface area contributed by atoms with Gasteiger partial charge in [-0.25, -0.2) is 0 Å². The van der Waals surface area contributed by atoms with Crippen LogP contribution in [0, 0.1) is 16.0 Å². The Morgan fingerprint density at radius 1 is 1.08 bits per heavy atom. The highest BCUT2D eigenvalue weighted by atomic mass is 32.2. The molecule has 0 saturated carbocycles. The Labute approximate surface area is 218 Å². The summed E-state index contributed by atoms with van der Waals surface area (Å²) in [5, 5.41) is 25.4. The SMILES string of the molecule is COc1ccc([N+](=O)[O-])cc1C(=O)N[C@H](C(=O)NC(CC(=O)O)C(=O)CSCc1ccccc1)C(C)C. The van der Waals surface area contributed by atoms with Crippen LogP contribution in [0.4, 0.5) is 5.69 Å². The van der Waals surface area contributed by atoms with Crippen molar-refractivity contribution < 1.29 is 33.9 Å². The summed E-state index contributed by atoms with van der Waals surface area (Å²) in [5.41, 5.74) is 0.514. The molecule has 0 aromatic heterocycles. The average Bonchev–Trinajstić information content (AvgIpc) is 2.86. The number of rotatable bonds is 14. The molecule has 0 aliphatic heterocycles. The van der Waals surface area contributed by atoms with Gasteiger partial charge in [-0.05, 0) is 17.5 Å². The second-order valence-corrected chi connectivity index (χ2v) is 9.43. The minimum Gasteiger partial charge on any atom is -0.496 e. The van der Waals surface area contributed by atoms with Crippen molar-refractivity contribution in [3.63, 3.8) is 0 Å². The Kier molecular flexibility index (Phi) is 11.1. The van der Waals surface area contributed by atoms with Gasteiger partial charge < -0.3 is 20.5 Å². The highest BCUT2D eigenvalue weighted by molar-refractivity contribution is 7.99. The van der Waals surface area contributed by atoms with Crippen LogP contribution >= 0.6 is 11.8 Å². The fraction of sp³-hybridized carbons (Fsp3) is 0.360. The molecule has 2 rings (SSSR count). The number of carbonyl (C=O) groups excluding carboxylic acids is 3. The van der Waals surface area contributed by atoms with E-state index in [9.17, 15) is 34.4 Å². The lowest BCUT2D eigenvalue weighted by atomic mass is 10.0. The number of hydrogen-bond donors (Lipinski definition) is 3. The lowest BCUT2D eigenvalue weighted by Crippen LogP contribution is -2.54. The molecule has 3 N–H and O–H groups in total. The fourth-order valence-electron chi connectivity index (χ4n) is 3.37. The summed E-state index contributed by atoms with van der Waals surface area (Å²) in [6, 6.07) is 10.5. The molecule has 0 bridgehead atoms. The van der Waals surface area contributed by atoms with Crippen LogP contribution in [-0.2, 0) is 20.1 Å². The number of aliphatic carboxylic acids is 1. The predicted molar refractivity (Wildman–Crippen MR) is 138 cm³/mol. The van der Waals surface area contributed by atoms with Gasteiger partial charge in [0.25, 0.3) is 11.6 Å². The summed E-state index contributed by atoms with van der Waals surface area (Å²) in [6.45, 7) is 3.30. The van der Waals surface area contributed by atoms with Gasteiger partial charge in [0.2, 0.25) is 5.91 Å². The monoisotopic (exact) mass is 531 g/mol. The third-order valence-electron chi connectivity index (χ3n) is 5.31. The first-order valence-electron chi connectivity index (χ1n) is 11.3. The molecule has 2 aromatic rings. The number of nitrogens with zero attached hydrogens (tertiary/aromatic N) is 1. The molecule has 0 heterocycles. The molecule has 11 nitrogen and oxygen atoms in total. The average molecular weight is 532 g/mol. The zero-order valence-electron chi connectivity index (χ0n) is 20.6. The van der Waals surface area contributed by atoms with Crippen LogP contribution in [0.5, 0.6) is 5.75 Å². The number of nitrogens with one attached hydrogen (secondary N) is 2. The van der Waals surface area contributed by atoms with Crippen molar-refractivity contribution >= 4 is 41.0 Å². The van der Waals surface area contributed by atoms with Crippen molar-refractivity contribution in [2.75, 3.05) is 12.9 Å². The van der Waals surface area contributed by atoms with Gasteiger partial charge in [0.05, 0.1) is 35.8 Å². The maximum absolute atomic E-state index is 13.1. The summed E-state index contributed by atoms with van der Waals surface area (Å²) < 4.78 is 5.12. The summed E-state index contributed by atoms with van der Waals surface area (Å²) in [5.74, 6) is -3.15. The van der Waals surface area contributed by atoms with Gasteiger partial charge in [-0.15, -0.1) is 11.8 Å². The molecule has 12 heteroatoms. The Bertz CT molecular complexity index is 1140. The van der Waals surface area contributed by atoms with E-state index in [1.165, 1.54) is 31.0 Å². The Hall–Kier alpha value is -3.93. The van der Waals surface area contributed by atoms with E-state index < -0.39 is 52.9 Å². The van der Waals surface area contributed by atoms with Crippen molar-refractivity contribution in [3.8, 4) is 5.75 Å². The van der Waals surface area contributed by atoms with Crippen LogP contribution in [-0.4, -0.2) is 58.5 Å². The highest BCUT2D eigenvalue weighted by Gasteiger charge is 2.31. The van der Waals surface area contributed by atoms with E-state index in [1.807, 2.05) is 30.3 Å². The van der Waals surface area contributed by atoms with E-state index in [2.05, 4.69) is 10.6 Å². The van der Waals surface area contributed by atoms with Crippen molar-refractivity contribution in [3.05, 3.63) is 69.8 Å². The first kappa shape index (κ1) is 29.3. The third-order valence-corrected chi connectivity index (χ3v) is 6.34. The van der Waals surface area contributed by atoms with E-state index in [4.69, 9.17) is 4.74 Å². The Balaban J connectivity index is 2.13. The van der Waals surface area contributed by atoms with Gasteiger partial charge in [0.15, 0.2) is 5.78 Å². The molecule has 0 radical (unpaired) electrons. The van der Waals surface area contributed by atoms with Crippen molar-refractivity contribution in [1.29, 1.82) is 0 Å². The zero-order valence-corrected chi connectivity index (χ0v) is 21.4. The minimum atomic E-state index is -1.29. The summed E-state index contributed by atoms with van der Waals surface area (Å²) in [6.07, 6.45) is -0.617. The van der Waals surface area contributed by atoms with Crippen LogP contribution < -0.4 is 15.4 Å². The number of non-ortho nitro benzene ring substituents is 1. The van der Waals surface area contributed by atoms with Crippen LogP contribution in [0.3, 0.4) is 0 Å². The minimum absolute atomic E-state index is 0.0172. The summed E-state index contributed by atoms with van der Waals surface area (Å²) >= 11 is 1.29. The predicted octanol–water partition coefficient (Wildman–Crippen LogP) is 2.82. The van der Waals surface area contributed by atoms with Gasteiger partial charge in [-0.2, -0.15) is 0 Å². The second kappa shape index (κ2) is 14.0. The molecule has 0 aliphatic carbocycles. The molecular weight excluding hydrogens is 502 g/mol. The van der Waals surface area contributed by atoms with Crippen LogP contribution in [0.25, 0.3) is 0 Å². The number of thioether (sulfide) groups is 1. The smallest absolute Gasteiger partial charge is 0.305 e. The molecular formula is C25H29N3O8S. The zero-order chi connectivity index (χ0) is 27.5. The number of Topliss-reactive ketones (excluding diaryl/α,β-unsaturated/α-hetero) is 1. The first-order chi connectivity index (χ1) is 17.5. The lowest BCUT2D eigenvalue weighted by molar-refractivity contribution is -0.384. The molecule has 0 aliphatic rings. The maximum atomic E-state index is 13.1. The van der Waals surface area contributed by atoms with Crippen LogP contribution in [0.1, 0.15) is 36.2 Å². The molecule has 2 atom stereocenters. The largest absolute Gasteiger partial charge is 0.496 e. The number of carbonyl (C=O) groups is 4. The normalized spacial score (nSPS) is 12.3. The molecule has 1 unspecified atom stereocenters. The number of amides is 2. The molecule has 0 saturated heterocycles. The van der Waals surface area contributed by atoms with Crippen LogP contribution in [0.2, 0.25) is 0 Å². The van der Waals surface area contributed by atoms with Gasteiger partial charge in [0, 0.05) is 17.9 Å². The lowest BCUT2D eigenvalue weighted by Gasteiger charge is -2.25. The molecule has 198 valence electrons. The number of nitro benzene ring substituents is 1. The number of nitro groups is 1. The molecule has 37 heavy (non-hydrogen) atoms. The summed E-state index contributed by atoms with van der Waals surface area (Å²) in [4.78, 5) is 60.6. The Morgan fingerprint density at radius 2 is 1.76 bits per heavy atom. The van der Waals surface area contributed by atoms with E-state index in [0.717, 1.165) is 11.6 Å². The summed E-state index contributed by atoms with van der Waals surface area (Å²) in [7, 11) is 1.29. The highest BCUT2D eigenvalue weighted by Crippen LogP contribution is 2.24. The van der Waals surface area contributed by atoms with Gasteiger partial charge in [-0.1, -0.05) is 44.2 Å². The second-order valence-electron chi connectivity index (χ2n) is 8.44. The number of methoxy groups -OCH3 is 1. The molecule has 2 aromatic carbocycles. The standard InChI is InChI=1S/C25H29N3O8S/c1-15(2)23(27-24(32)18-11-17(28(34)35)9-10-21(18)36-3)25(33)26-19(12-22(30)31)20(29)14-37-13-16-7-5-4-6-8-16/h4-11,15,19,23H,12-14H2,1-3H3,(H,26,33)(H,27,32)(H,30,31)/t19?,23-/m0/s1. The third kappa shape index (κ3) is 8.90. The molecule has 2 amide bonds. The van der Waals surface area contributed by atoms with Crippen molar-refractivity contribution in [1.82, 2.24) is 10.6 Å². The quantitative estimate of drug-likeness (QED) is 0.245. The topological polar surface area (TPSA) is 165 Å². The van der Waals surface area contributed by atoms with E-state index in [0.29, 0.717) is 5.75 Å². The number of carboxylic acid groups (broad SMARTS) is 1. The number of ketones is 1. The number of hydrogen-bond acceptors (Lipinski definition) is 8.